The van der Waals surface area contributed by atoms with Crippen molar-refractivity contribution in [2.45, 2.75) is 33.2 Å². The first kappa shape index (κ1) is 19.8. The summed E-state index contributed by atoms with van der Waals surface area (Å²) in [6.45, 7) is 8.56. The lowest BCUT2D eigenvalue weighted by Gasteiger charge is -2.35. The smallest absolute Gasteiger partial charge is 0.232 e. The van der Waals surface area contributed by atoms with Gasteiger partial charge in [-0.1, -0.05) is 55.8 Å². The van der Waals surface area contributed by atoms with Crippen molar-refractivity contribution in [3.05, 3.63) is 47.1 Å². The Morgan fingerprint density at radius 3 is 2.52 bits per heavy atom. The highest BCUT2D eigenvalue weighted by Crippen LogP contribution is 2.27. The summed E-state index contributed by atoms with van der Waals surface area (Å²) in [5.74, 6) is 2.53. The third-order valence-corrected chi connectivity index (χ3v) is 5.16. The number of piperidine rings is 1. The molecular weight excluding hydrogens is 378 g/mol. The zero-order valence-corrected chi connectivity index (χ0v) is 17.5. The maximum absolute atomic E-state index is 6.25. The fourth-order valence-electron chi connectivity index (χ4n) is 3.63. The Kier molecular flexibility index (Phi) is 6.50. The Morgan fingerprint density at radius 1 is 1.19 bits per heavy atom. The molecule has 144 valence electrons. The van der Waals surface area contributed by atoms with Gasteiger partial charge in [-0.3, -0.25) is 0 Å². The van der Waals surface area contributed by atoms with E-state index in [0.29, 0.717) is 28.0 Å². The van der Waals surface area contributed by atoms with Crippen LogP contribution in [-0.2, 0) is 0 Å². The average Bonchev–Trinajstić information content (AvgIpc) is 2.61. The summed E-state index contributed by atoms with van der Waals surface area (Å²) in [5, 5.41) is 7.21. The predicted molar refractivity (Wildman–Crippen MR) is 116 cm³/mol. The SMILES string of the molecule is CC1CC(C)CN(c2cc(Cl)nc(NC(=S)NC(C)c3ccccc3)n2)C1. The third kappa shape index (κ3) is 5.53. The van der Waals surface area contributed by atoms with Crippen molar-refractivity contribution >= 4 is 40.7 Å². The molecule has 27 heavy (non-hydrogen) atoms. The van der Waals surface area contributed by atoms with Crippen molar-refractivity contribution in [3.8, 4) is 0 Å². The minimum atomic E-state index is 0.0775. The average molecular weight is 404 g/mol. The third-order valence-electron chi connectivity index (χ3n) is 4.75. The molecule has 1 fully saturated rings. The molecule has 0 saturated carbocycles. The summed E-state index contributed by atoms with van der Waals surface area (Å²) >= 11 is 11.7. The van der Waals surface area contributed by atoms with Gasteiger partial charge in [-0.15, -0.1) is 0 Å². The minimum absolute atomic E-state index is 0.0775. The number of thiocarbonyl (C=S) groups is 1. The van der Waals surface area contributed by atoms with Crippen molar-refractivity contribution < 1.29 is 0 Å². The van der Waals surface area contributed by atoms with E-state index in [1.165, 1.54) is 6.42 Å². The number of halogens is 1. The van der Waals surface area contributed by atoms with Crippen LogP contribution in [0.4, 0.5) is 11.8 Å². The van der Waals surface area contributed by atoms with Crippen molar-refractivity contribution in [2.24, 2.45) is 11.8 Å². The molecule has 2 heterocycles. The van der Waals surface area contributed by atoms with Crippen molar-refractivity contribution in [3.63, 3.8) is 0 Å². The fourth-order valence-corrected chi connectivity index (χ4v) is 4.08. The molecule has 2 N–H and O–H groups in total. The van der Waals surface area contributed by atoms with Gasteiger partial charge in [0.1, 0.15) is 11.0 Å². The molecule has 1 saturated heterocycles. The van der Waals surface area contributed by atoms with E-state index in [1.54, 1.807) is 0 Å². The predicted octanol–water partition coefficient (Wildman–Crippen LogP) is 4.66. The zero-order valence-electron chi connectivity index (χ0n) is 15.9. The van der Waals surface area contributed by atoms with E-state index in [1.807, 2.05) is 24.3 Å². The summed E-state index contributed by atoms with van der Waals surface area (Å²) in [5.41, 5.74) is 1.16. The van der Waals surface area contributed by atoms with E-state index in [2.05, 4.69) is 58.4 Å². The maximum Gasteiger partial charge on any atom is 0.232 e. The van der Waals surface area contributed by atoms with E-state index < -0.39 is 0 Å². The first-order chi connectivity index (χ1) is 12.9. The van der Waals surface area contributed by atoms with Gasteiger partial charge in [-0.25, -0.2) is 4.98 Å². The van der Waals surface area contributed by atoms with Crippen LogP contribution in [0.5, 0.6) is 0 Å². The van der Waals surface area contributed by atoms with Crippen LogP contribution in [-0.4, -0.2) is 28.2 Å². The molecule has 0 radical (unpaired) electrons. The largest absolute Gasteiger partial charge is 0.356 e. The zero-order chi connectivity index (χ0) is 19.4. The quantitative estimate of drug-likeness (QED) is 0.572. The van der Waals surface area contributed by atoms with Crippen molar-refractivity contribution in [1.82, 2.24) is 15.3 Å². The number of hydrogen-bond donors (Lipinski definition) is 2. The standard InChI is InChI=1S/C20H26ClN5S/c1-13-9-14(2)12-26(11-13)18-10-17(21)23-19(24-18)25-20(27)22-15(3)16-7-5-4-6-8-16/h4-8,10,13-15H,9,11-12H2,1-3H3,(H2,22,23,24,25,27). The van der Waals surface area contributed by atoms with E-state index >= 15 is 0 Å². The number of rotatable bonds is 4. The van der Waals surface area contributed by atoms with E-state index in [4.69, 9.17) is 23.8 Å². The van der Waals surface area contributed by atoms with Crippen LogP contribution >= 0.6 is 23.8 Å². The Labute approximate surface area is 171 Å². The Hall–Kier alpha value is -1.92. The lowest BCUT2D eigenvalue weighted by molar-refractivity contribution is 0.355. The minimum Gasteiger partial charge on any atom is -0.356 e. The number of anilines is 2. The van der Waals surface area contributed by atoms with Gasteiger partial charge in [-0.05, 0) is 43.0 Å². The van der Waals surface area contributed by atoms with Gasteiger partial charge < -0.3 is 15.5 Å². The lowest BCUT2D eigenvalue weighted by Crippen LogP contribution is -2.39. The molecule has 1 aromatic carbocycles. The Morgan fingerprint density at radius 2 is 1.85 bits per heavy atom. The fraction of sp³-hybridized carbons (Fsp3) is 0.450. The first-order valence-electron chi connectivity index (χ1n) is 9.32. The lowest BCUT2D eigenvalue weighted by atomic mass is 9.92. The first-order valence-corrected chi connectivity index (χ1v) is 10.1. The second-order valence-corrected chi connectivity index (χ2v) is 8.25. The van der Waals surface area contributed by atoms with Crippen LogP contribution in [0.15, 0.2) is 36.4 Å². The molecule has 1 aromatic heterocycles. The highest BCUT2D eigenvalue weighted by Gasteiger charge is 2.23. The van der Waals surface area contributed by atoms with Crippen LogP contribution < -0.4 is 15.5 Å². The summed E-state index contributed by atoms with van der Waals surface area (Å²) in [6.07, 6.45) is 1.24. The molecule has 3 unspecified atom stereocenters. The molecule has 0 bridgehead atoms. The topological polar surface area (TPSA) is 53.1 Å². The molecule has 2 aromatic rings. The normalized spacial score (nSPS) is 20.8. The summed E-state index contributed by atoms with van der Waals surface area (Å²) in [6, 6.07) is 12.0. The second kappa shape index (κ2) is 8.85. The van der Waals surface area contributed by atoms with Gasteiger partial charge >= 0.3 is 0 Å². The Balaban J connectivity index is 1.68. The number of benzene rings is 1. The van der Waals surface area contributed by atoms with Gasteiger partial charge in [0.25, 0.3) is 0 Å². The van der Waals surface area contributed by atoms with Gasteiger partial charge in [0, 0.05) is 19.2 Å². The second-order valence-electron chi connectivity index (χ2n) is 7.45. The molecule has 3 rings (SSSR count). The number of hydrogen-bond acceptors (Lipinski definition) is 4. The molecule has 7 heteroatoms. The van der Waals surface area contributed by atoms with E-state index in [0.717, 1.165) is 24.5 Å². The summed E-state index contributed by atoms with van der Waals surface area (Å²) < 4.78 is 0. The highest BCUT2D eigenvalue weighted by atomic mass is 35.5. The molecule has 0 spiro atoms. The monoisotopic (exact) mass is 403 g/mol. The number of aromatic nitrogens is 2. The summed E-state index contributed by atoms with van der Waals surface area (Å²) in [4.78, 5) is 11.2. The van der Waals surface area contributed by atoms with E-state index in [-0.39, 0.29) is 6.04 Å². The van der Waals surface area contributed by atoms with Crippen molar-refractivity contribution in [1.29, 1.82) is 0 Å². The Bertz CT molecular complexity index is 775. The molecule has 1 aliphatic rings. The molecule has 0 amide bonds. The summed E-state index contributed by atoms with van der Waals surface area (Å²) in [7, 11) is 0. The molecule has 1 aliphatic heterocycles. The van der Waals surface area contributed by atoms with Crippen LogP contribution in [0.1, 0.15) is 38.8 Å². The number of nitrogens with one attached hydrogen (secondary N) is 2. The molecule has 3 atom stereocenters. The van der Waals surface area contributed by atoms with Crippen LogP contribution in [0.2, 0.25) is 5.15 Å². The van der Waals surface area contributed by atoms with Gasteiger partial charge in [0.15, 0.2) is 5.11 Å². The molecule has 5 nitrogen and oxygen atoms in total. The van der Waals surface area contributed by atoms with E-state index in [9.17, 15) is 0 Å². The highest BCUT2D eigenvalue weighted by molar-refractivity contribution is 7.80. The van der Waals surface area contributed by atoms with Crippen LogP contribution in [0, 0.1) is 11.8 Å². The maximum atomic E-state index is 6.25. The van der Waals surface area contributed by atoms with Gasteiger partial charge in [0.05, 0.1) is 6.04 Å². The van der Waals surface area contributed by atoms with Gasteiger partial charge in [0.2, 0.25) is 5.95 Å². The van der Waals surface area contributed by atoms with Crippen LogP contribution in [0.25, 0.3) is 0 Å². The van der Waals surface area contributed by atoms with Crippen LogP contribution in [0.3, 0.4) is 0 Å². The molecular formula is C20H26ClN5S. The van der Waals surface area contributed by atoms with Gasteiger partial charge in [-0.2, -0.15) is 4.98 Å². The number of nitrogens with zero attached hydrogens (tertiary/aromatic N) is 3. The van der Waals surface area contributed by atoms with Crippen molar-refractivity contribution in [2.75, 3.05) is 23.3 Å². The molecule has 0 aliphatic carbocycles.